The third kappa shape index (κ3) is 6.35. The summed E-state index contributed by atoms with van der Waals surface area (Å²) in [7, 11) is 0. The second kappa shape index (κ2) is 10.5. The summed E-state index contributed by atoms with van der Waals surface area (Å²) >= 11 is 2.94. The van der Waals surface area contributed by atoms with Crippen molar-refractivity contribution in [1.29, 1.82) is 0 Å². The number of rotatable bonds is 10. The monoisotopic (exact) mass is 409 g/mol. The van der Waals surface area contributed by atoms with Gasteiger partial charge in [-0.1, -0.05) is 31.7 Å². The molecular weight excluding hydrogens is 382 g/mol. The first-order valence-electron chi connectivity index (χ1n) is 9.00. The van der Waals surface area contributed by atoms with Crippen molar-refractivity contribution in [3.8, 4) is 0 Å². The smallest absolute Gasteiger partial charge is 0.261 e. The van der Waals surface area contributed by atoms with Crippen LogP contribution in [-0.2, 0) is 17.8 Å². The lowest BCUT2D eigenvalue weighted by molar-refractivity contribution is -0.122. The summed E-state index contributed by atoms with van der Waals surface area (Å²) in [5, 5.41) is 16.9. The van der Waals surface area contributed by atoms with Gasteiger partial charge in [0.05, 0.1) is 4.88 Å². The standard InChI is InChI=1S/C18H27N5O2S2/c1-12(2)11-23-15(21-22-18(23)26-4)8-5-9-19-16(24)13(3)20-17(25)14-7-6-10-27-14/h6-7,10,12-13H,5,8-9,11H2,1-4H3,(H,19,24)(H,20,25). The van der Waals surface area contributed by atoms with E-state index in [0.29, 0.717) is 17.3 Å². The number of aryl methyl sites for hydroxylation is 1. The largest absolute Gasteiger partial charge is 0.354 e. The number of nitrogens with zero attached hydrogens (tertiary/aromatic N) is 3. The lowest BCUT2D eigenvalue weighted by Gasteiger charge is -2.14. The highest BCUT2D eigenvalue weighted by Crippen LogP contribution is 2.16. The van der Waals surface area contributed by atoms with Crippen LogP contribution in [0.3, 0.4) is 0 Å². The van der Waals surface area contributed by atoms with E-state index in [1.807, 2.05) is 17.7 Å². The Hall–Kier alpha value is -1.87. The first-order chi connectivity index (χ1) is 12.9. The van der Waals surface area contributed by atoms with Crippen molar-refractivity contribution in [2.24, 2.45) is 5.92 Å². The highest BCUT2D eigenvalue weighted by molar-refractivity contribution is 7.98. The summed E-state index contributed by atoms with van der Waals surface area (Å²) < 4.78 is 2.15. The molecule has 0 aliphatic carbocycles. The molecule has 0 radical (unpaired) electrons. The van der Waals surface area contributed by atoms with Crippen LogP contribution < -0.4 is 10.6 Å². The summed E-state index contributed by atoms with van der Waals surface area (Å²) in [6, 6.07) is 2.97. The Bertz CT molecular complexity index is 743. The van der Waals surface area contributed by atoms with E-state index in [2.05, 4.69) is 39.2 Å². The predicted octanol–water partition coefficient (Wildman–Crippen LogP) is 2.58. The first kappa shape index (κ1) is 21.4. The highest BCUT2D eigenvalue weighted by Gasteiger charge is 2.17. The van der Waals surface area contributed by atoms with E-state index in [1.165, 1.54) is 11.3 Å². The van der Waals surface area contributed by atoms with Crippen molar-refractivity contribution in [3.05, 3.63) is 28.2 Å². The summed E-state index contributed by atoms with van der Waals surface area (Å²) in [5.74, 6) is 1.05. The van der Waals surface area contributed by atoms with Crippen LogP contribution in [0.15, 0.2) is 22.7 Å². The quantitative estimate of drug-likeness (QED) is 0.465. The highest BCUT2D eigenvalue weighted by atomic mass is 32.2. The van der Waals surface area contributed by atoms with E-state index in [4.69, 9.17) is 0 Å². The Morgan fingerprint density at radius 3 is 2.70 bits per heavy atom. The lowest BCUT2D eigenvalue weighted by atomic mass is 10.2. The number of aromatic nitrogens is 3. The van der Waals surface area contributed by atoms with Crippen LogP contribution in [0.4, 0.5) is 0 Å². The fourth-order valence-electron chi connectivity index (χ4n) is 2.56. The molecule has 2 amide bonds. The topological polar surface area (TPSA) is 88.9 Å². The van der Waals surface area contributed by atoms with Crippen LogP contribution in [0.5, 0.6) is 0 Å². The molecule has 1 unspecified atom stereocenters. The zero-order chi connectivity index (χ0) is 19.8. The zero-order valence-corrected chi connectivity index (χ0v) is 17.8. The fourth-order valence-corrected chi connectivity index (χ4v) is 3.71. The Morgan fingerprint density at radius 1 is 1.30 bits per heavy atom. The zero-order valence-electron chi connectivity index (χ0n) is 16.2. The molecule has 2 rings (SSSR count). The van der Waals surface area contributed by atoms with Crippen molar-refractivity contribution in [2.75, 3.05) is 12.8 Å². The van der Waals surface area contributed by atoms with Crippen molar-refractivity contribution >= 4 is 34.9 Å². The Morgan fingerprint density at radius 2 is 2.07 bits per heavy atom. The third-order valence-electron chi connectivity index (χ3n) is 3.89. The summed E-state index contributed by atoms with van der Waals surface area (Å²) in [5.41, 5.74) is 0. The van der Waals surface area contributed by atoms with Crippen LogP contribution in [0.1, 0.15) is 42.7 Å². The normalized spacial score (nSPS) is 12.2. The van der Waals surface area contributed by atoms with E-state index in [9.17, 15) is 9.59 Å². The second-order valence-corrected chi connectivity index (χ2v) is 8.40. The van der Waals surface area contributed by atoms with Crippen LogP contribution >= 0.6 is 23.1 Å². The molecule has 2 heterocycles. The molecule has 2 N–H and O–H groups in total. The molecular formula is C18H27N5O2S2. The second-order valence-electron chi connectivity index (χ2n) is 6.67. The van der Waals surface area contributed by atoms with Crippen LogP contribution in [0.2, 0.25) is 0 Å². The molecule has 0 fully saturated rings. The van der Waals surface area contributed by atoms with Gasteiger partial charge in [-0.2, -0.15) is 0 Å². The van der Waals surface area contributed by atoms with Gasteiger partial charge in [0, 0.05) is 19.5 Å². The molecule has 0 aliphatic heterocycles. The van der Waals surface area contributed by atoms with Gasteiger partial charge >= 0.3 is 0 Å². The molecule has 0 aromatic carbocycles. The summed E-state index contributed by atoms with van der Waals surface area (Å²) in [6.45, 7) is 7.43. The molecule has 27 heavy (non-hydrogen) atoms. The minimum atomic E-state index is -0.577. The number of hydrogen-bond donors (Lipinski definition) is 2. The molecule has 148 valence electrons. The third-order valence-corrected chi connectivity index (χ3v) is 5.42. The number of carbonyl (C=O) groups excluding carboxylic acids is 2. The van der Waals surface area contributed by atoms with E-state index in [1.54, 1.807) is 24.8 Å². The number of thioether (sulfide) groups is 1. The Kier molecular flexibility index (Phi) is 8.30. The van der Waals surface area contributed by atoms with Gasteiger partial charge < -0.3 is 15.2 Å². The molecule has 0 bridgehead atoms. The molecule has 2 aromatic rings. The average Bonchev–Trinajstić information content (AvgIpc) is 3.28. The van der Waals surface area contributed by atoms with Gasteiger partial charge in [-0.25, -0.2) is 0 Å². The Labute approximate surface area is 168 Å². The van der Waals surface area contributed by atoms with Crippen molar-refractivity contribution in [1.82, 2.24) is 25.4 Å². The Balaban J connectivity index is 1.77. The van der Waals surface area contributed by atoms with Gasteiger partial charge in [0.25, 0.3) is 5.91 Å². The van der Waals surface area contributed by atoms with Gasteiger partial charge in [-0.15, -0.1) is 21.5 Å². The van der Waals surface area contributed by atoms with Crippen LogP contribution in [-0.4, -0.2) is 45.4 Å². The minimum Gasteiger partial charge on any atom is -0.354 e. The summed E-state index contributed by atoms with van der Waals surface area (Å²) in [4.78, 5) is 24.8. The molecule has 0 spiro atoms. The lowest BCUT2D eigenvalue weighted by Crippen LogP contribution is -2.44. The molecule has 7 nitrogen and oxygen atoms in total. The van der Waals surface area contributed by atoms with Gasteiger partial charge in [0.1, 0.15) is 11.9 Å². The molecule has 0 aliphatic rings. The molecule has 0 saturated heterocycles. The van der Waals surface area contributed by atoms with Gasteiger partial charge in [-0.05, 0) is 37.0 Å². The van der Waals surface area contributed by atoms with Gasteiger partial charge in [0.2, 0.25) is 5.91 Å². The summed E-state index contributed by atoms with van der Waals surface area (Å²) in [6.07, 6.45) is 3.51. The van der Waals surface area contributed by atoms with Crippen LogP contribution in [0, 0.1) is 5.92 Å². The average molecular weight is 410 g/mol. The number of hydrogen-bond acceptors (Lipinski definition) is 6. The van der Waals surface area contributed by atoms with Crippen molar-refractivity contribution in [2.45, 2.75) is 51.4 Å². The predicted molar refractivity (Wildman–Crippen MR) is 109 cm³/mol. The molecule has 0 saturated carbocycles. The molecule has 9 heteroatoms. The maximum absolute atomic E-state index is 12.2. The van der Waals surface area contributed by atoms with E-state index < -0.39 is 6.04 Å². The SMILES string of the molecule is CSc1nnc(CCCNC(=O)C(C)NC(=O)c2cccs2)n1CC(C)C. The van der Waals surface area contributed by atoms with Crippen molar-refractivity contribution < 1.29 is 9.59 Å². The first-order valence-corrected chi connectivity index (χ1v) is 11.1. The van der Waals surface area contributed by atoms with E-state index in [-0.39, 0.29) is 11.8 Å². The number of thiophene rings is 1. The van der Waals surface area contributed by atoms with E-state index in [0.717, 1.165) is 30.4 Å². The number of carbonyl (C=O) groups is 2. The minimum absolute atomic E-state index is 0.187. The maximum Gasteiger partial charge on any atom is 0.261 e. The maximum atomic E-state index is 12.2. The van der Waals surface area contributed by atoms with Crippen LogP contribution in [0.25, 0.3) is 0 Å². The molecule has 2 aromatic heterocycles. The number of amides is 2. The fraction of sp³-hybridized carbons (Fsp3) is 0.556. The van der Waals surface area contributed by atoms with Crippen molar-refractivity contribution in [3.63, 3.8) is 0 Å². The number of nitrogens with one attached hydrogen (secondary N) is 2. The molecule has 1 atom stereocenters. The van der Waals surface area contributed by atoms with E-state index >= 15 is 0 Å². The van der Waals surface area contributed by atoms with Gasteiger partial charge in [-0.3, -0.25) is 9.59 Å². The van der Waals surface area contributed by atoms with Gasteiger partial charge in [0.15, 0.2) is 5.16 Å².